The molecule has 2 aromatic carbocycles. The number of amides is 2. The fourth-order valence-corrected chi connectivity index (χ4v) is 3.89. The lowest BCUT2D eigenvalue weighted by Crippen LogP contribution is -2.28. The second kappa shape index (κ2) is 7.13. The van der Waals surface area contributed by atoms with Crippen LogP contribution in [-0.4, -0.2) is 26.8 Å². The third-order valence-corrected chi connectivity index (χ3v) is 5.66. The Hall–Kier alpha value is -2.71. The topological polar surface area (TPSA) is 110 Å². The highest BCUT2D eigenvalue weighted by Crippen LogP contribution is 2.27. The van der Waals surface area contributed by atoms with Crippen molar-refractivity contribution >= 4 is 33.2 Å². The number of nitrogens with two attached hydrogens (primary N) is 1. The summed E-state index contributed by atoms with van der Waals surface area (Å²) in [6.07, 6.45) is 0.105. The van der Waals surface area contributed by atoms with Gasteiger partial charge in [0.05, 0.1) is 10.8 Å². The predicted octanol–water partition coefficient (Wildman–Crippen LogP) is 1.94. The van der Waals surface area contributed by atoms with Crippen molar-refractivity contribution in [2.45, 2.75) is 25.2 Å². The molecule has 1 atom stereocenters. The summed E-state index contributed by atoms with van der Waals surface area (Å²) >= 11 is 0. The molecule has 0 aromatic heterocycles. The van der Waals surface area contributed by atoms with Crippen molar-refractivity contribution in [2.75, 3.05) is 16.8 Å². The number of aryl methyl sites for hydroxylation is 2. The number of carbonyl (C=O) groups is 2. The highest BCUT2D eigenvalue weighted by atomic mass is 32.2. The van der Waals surface area contributed by atoms with Gasteiger partial charge < -0.3 is 10.2 Å². The van der Waals surface area contributed by atoms with Gasteiger partial charge in [0, 0.05) is 24.3 Å². The standard InChI is InChI=1S/C19H21N3O4S/c1-12-3-7-16(8-4-12)22-11-14(9-18(22)23)19(24)21-15-6-5-13(2)17(10-15)27(20,25)26/h3-8,10,14H,9,11H2,1-2H3,(H,21,24)(H2,20,25,26)/t14-/m1/s1. The second-order valence-corrected chi connectivity index (χ2v) is 8.29. The van der Waals surface area contributed by atoms with Gasteiger partial charge in [0.15, 0.2) is 0 Å². The highest BCUT2D eigenvalue weighted by Gasteiger charge is 2.35. The molecule has 0 saturated carbocycles. The van der Waals surface area contributed by atoms with E-state index >= 15 is 0 Å². The van der Waals surface area contributed by atoms with Crippen LogP contribution in [0.4, 0.5) is 11.4 Å². The summed E-state index contributed by atoms with van der Waals surface area (Å²) in [7, 11) is -3.88. The summed E-state index contributed by atoms with van der Waals surface area (Å²) < 4.78 is 23.3. The van der Waals surface area contributed by atoms with Crippen molar-refractivity contribution in [1.29, 1.82) is 0 Å². The smallest absolute Gasteiger partial charge is 0.238 e. The number of hydrogen-bond acceptors (Lipinski definition) is 4. The molecule has 0 spiro atoms. The van der Waals surface area contributed by atoms with Crippen molar-refractivity contribution in [2.24, 2.45) is 11.1 Å². The lowest BCUT2D eigenvalue weighted by molar-refractivity contribution is -0.122. The molecule has 1 aliphatic heterocycles. The molecule has 2 aromatic rings. The molecule has 3 rings (SSSR count). The quantitative estimate of drug-likeness (QED) is 0.835. The molecule has 0 bridgehead atoms. The highest BCUT2D eigenvalue weighted by molar-refractivity contribution is 7.89. The van der Waals surface area contributed by atoms with Gasteiger partial charge in [-0.3, -0.25) is 9.59 Å². The van der Waals surface area contributed by atoms with Gasteiger partial charge in [-0.05, 0) is 43.7 Å². The Labute approximate surface area is 158 Å². The molecular formula is C19H21N3O4S. The number of rotatable bonds is 4. The monoisotopic (exact) mass is 387 g/mol. The van der Waals surface area contributed by atoms with Crippen LogP contribution in [0.5, 0.6) is 0 Å². The molecule has 0 unspecified atom stereocenters. The normalized spacial score (nSPS) is 17.2. The first kappa shape index (κ1) is 19.1. The van der Waals surface area contributed by atoms with Gasteiger partial charge in [-0.2, -0.15) is 0 Å². The van der Waals surface area contributed by atoms with Crippen LogP contribution in [0.15, 0.2) is 47.4 Å². The number of nitrogens with one attached hydrogen (secondary N) is 1. The van der Waals surface area contributed by atoms with E-state index in [1.54, 1.807) is 24.0 Å². The van der Waals surface area contributed by atoms with E-state index in [1.165, 1.54) is 6.07 Å². The minimum absolute atomic E-state index is 0.0379. The van der Waals surface area contributed by atoms with E-state index < -0.39 is 15.9 Å². The van der Waals surface area contributed by atoms with E-state index in [9.17, 15) is 18.0 Å². The Bertz CT molecular complexity index is 1000. The average Bonchev–Trinajstić information content (AvgIpc) is 2.98. The molecule has 1 fully saturated rings. The minimum Gasteiger partial charge on any atom is -0.326 e. The zero-order valence-corrected chi connectivity index (χ0v) is 15.9. The van der Waals surface area contributed by atoms with E-state index in [0.29, 0.717) is 11.3 Å². The van der Waals surface area contributed by atoms with E-state index in [-0.39, 0.29) is 29.7 Å². The number of benzene rings is 2. The van der Waals surface area contributed by atoms with Crippen LogP contribution < -0.4 is 15.4 Å². The Morgan fingerprint density at radius 2 is 1.81 bits per heavy atom. The largest absolute Gasteiger partial charge is 0.326 e. The number of hydrogen-bond donors (Lipinski definition) is 2. The zero-order valence-electron chi connectivity index (χ0n) is 15.1. The van der Waals surface area contributed by atoms with Crippen molar-refractivity contribution in [3.63, 3.8) is 0 Å². The van der Waals surface area contributed by atoms with E-state index in [2.05, 4.69) is 5.32 Å². The summed E-state index contributed by atoms with van der Waals surface area (Å²) in [5, 5.41) is 7.89. The molecule has 1 aliphatic rings. The first-order valence-corrected chi connectivity index (χ1v) is 10.0. The Morgan fingerprint density at radius 3 is 2.44 bits per heavy atom. The maximum Gasteiger partial charge on any atom is 0.238 e. The molecule has 3 N–H and O–H groups in total. The molecule has 7 nitrogen and oxygen atoms in total. The summed E-state index contributed by atoms with van der Waals surface area (Å²) in [6.45, 7) is 3.87. The van der Waals surface area contributed by atoms with Crippen LogP contribution in [-0.2, 0) is 19.6 Å². The Morgan fingerprint density at radius 1 is 1.15 bits per heavy atom. The van der Waals surface area contributed by atoms with Crippen LogP contribution in [0, 0.1) is 19.8 Å². The van der Waals surface area contributed by atoms with Crippen molar-refractivity contribution in [3.05, 3.63) is 53.6 Å². The molecule has 0 aliphatic carbocycles. The average molecular weight is 387 g/mol. The maximum absolute atomic E-state index is 12.6. The summed E-state index contributed by atoms with van der Waals surface area (Å²) in [5.41, 5.74) is 2.67. The molecule has 1 heterocycles. The number of primary sulfonamides is 1. The molecule has 142 valence electrons. The fraction of sp³-hybridized carbons (Fsp3) is 0.263. The zero-order chi connectivity index (χ0) is 19.8. The van der Waals surface area contributed by atoms with Crippen LogP contribution in [0.3, 0.4) is 0 Å². The number of sulfonamides is 1. The SMILES string of the molecule is Cc1ccc(N2C[C@H](C(=O)Nc3ccc(C)c(S(N)(=O)=O)c3)CC2=O)cc1. The Kier molecular flexibility index (Phi) is 5.03. The predicted molar refractivity (Wildman–Crippen MR) is 103 cm³/mol. The van der Waals surface area contributed by atoms with E-state index in [4.69, 9.17) is 5.14 Å². The molecule has 27 heavy (non-hydrogen) atoms. The summed E-state index contributed by atoms with van der Waals surface area (Å²) in [5.74, 6) is -0.964. The molecule has 2 amide bonds. The van der Waals surface area contributed by atoms with Crippen molar-refractivity contribution < 1.29 is 18.0 Å². The summed E-state index contributed by atoms with van der Waals surface area (Å²) in [6, 6.07) is 12.0. The number of carbonyl (C=O) groups excluding carboxylic acids is 2. The number of anilines is 2. The van der Waals surface area contributed by atoms with Crippen LogP contribution in [0.25, 0.3) is 0 Å². The first-order chi connectivity index (χ1) is 12.6. The lowest BCUT2D eigenvalue weighted by Gasteiger charge is -2.17. The molecule has 0 radical (unpaired) electrons. The van der Waals surface area contributed by atoms with Gasteiger partial charge in [0.25, 0.3) is 0 Å². The molecular weight excluding hydrogens is 366 g/mol. The van der Waals surface area contributed by atoms with Gasteiger partial charge in [0.1, 0.15) is 0 Å². The Balaban J connectivity index is 1.74. The van der Waals surface area contributed by atoms with Crippen LogP contribution in [0.1, 0.15) is 17.5 Å². The van der Waals surface area contributed by atoms with Crippen LogP contribution >= 0.6 is 0 Å². The van der Waals surface area contributed by atoms with Gasteiger partial charge >= 0.3 is 0 Å². The third kappa shape index (κ3) is 4.17. The van der Waals surface area contributed by atoms with E-state index in [1.807, 2.05) is 31.2 Å². The minimum atomic E-state index is -3.88. The van der Waals surface area contributed by atoms with Gasteiger partial charge in [-0.1, -0.05) is 23.8 Å². The third-order valence-electron chi connectivity index (χ3n) is 4.60. The number of nitrogens with zero attached hydrogens (tertiary/aromatic N) is 1. The van der Waals surface area contributed by atoms with E-state index in [0.717, 1.165) is 11.3 Å². The summed E-state index contributed by atoms with van der Waals surface area (Å²) in [4.78, 5) is 26.4. The van der Waals surface area contributed by atoms with Crippen LogP contribution in [0.2, 0.25) is 0 Å². The lowest BCUT2D eigenvalue weighted by atomic mass is 10.1. The molecule has 8 heteroatoms. The van der Waals surface area contributed by atoms with Gasteiger partial charge in [0.2, 0.25) is 21.8 Å². The maximum atomic E-state index is 12.6. The fourth-order valence-electron chi connectivity index (χ4n) is 3.09. The van der Waals surface area contributed by atoms with Gasteiger partial charge in [-0.25, -0.2) is 13.6 Å². The van der Waals surface area contributed by atoms with Crippen molar-refractivity contribution in [1.82, 2.24) is 0 Å². The first-order valence-electron chi connectivity index (χ1n) is 8.46. The second-order valence-electron chi connectivity index (χ2n) is 6.76. The van der Waals surface area contributed by atoms with Crippen molar-refractivity contribution in [3.8, 4) is 0 Å². The molecule has 1 saturated heterocycles. The van der Waals surface area contributed by atoms with Gasteiger partial charge in [-0.15, -0.1) is 0 Å².